The topological polar surface area (TPSA) is 36.5 Å². The summed E-state index contributed by atoms with van der Waals surface area (Å²) < 4.78 is 5.01. The number of nitrogens with one attached hydrogen (secondary N) is 2. The lowest BCUT2D eigenvalue weighted by Crippen LogP contribution is -2.35. The summed E-state index contributed by atoms with van der Waals surface area (Å²) in [6.07, 6.45) is 5.56. The molecule has 0 aromatic carbocycles. The van der Waals surface area contributed by atoms with E-state index in [4.69, 9.17) is 4.74 Å². The molecule has 0 aromatic rings. The highest BCUT2D eigenvalue weighted by atomic mass is 16.5. The van der Waals surface area contributed by atoms with Gasteiger partial charge in [-0.25, -0.2) is 0 Å². The van der Waals surface area contributed by atoms with Crippen molar-refractivity contribution in [2.45, 2.75) is 88.0 Å². The molecule has 0 spiro atoms. The molecule has 3 aliphatic rings. The Kier molecular flexibility index (Phi) is 22.1. The molecule has 0 unspecified atom stereocenters. The van der Waals surface area contributed by atoms with Gasteiger partial charge in [0.25, 0.3) is 0 Å². The van der Waals surface area contributed by atoms with E-state index in [1.807, 2.05) is 0 Å². The molecule has 3 fully saturated rings. The van der Waals surface area contributed by atoms with Crippen LogP contribution in [0.4, 0.5) is 0 Å². The fraction of sp³-hybridized carbons (Fsp3) is 1.00. The maximum atomic E-state index is 5.01. The minimum absolute atomic E-state index is 0.529. The van der Waals surface area contributed by atoms with Gasteiger partial charge in [-0.1, -0.05) is 62.3 Å². The summed E-state index contributed by atoms with van der Waals surface area (Å²) >= 11 is 0. The van der Waals surface area contributed by atoms with Crippen molar-refractivity contribution in [2.75, 3.05) is 59.5 Å². The van der Waals surface area contributed by atoms with Crippen molar-refractivity contribution >= 4 is 0 Å². The van der Waals surface area contributed by atoms with Crippen LogP contribution < -0.4 is 10.6 Å². The largest absolute Gasteiger partial charge is 0.379 e. The molecule has 0 aliphatic carbocycles. The summed E-state index contributed by atoms with van der Waals surface area (Å²) in [5.74, 6) is 2.61. The number of hydrogen-bond acceptors (Lipinski definition) is 4. The van der Waals surface area contributed by atoms with Crippen molar-refractivity contribution in [1.29, 1.82) is 0 Å². The van der Waals surface area contributed by atoms with Gasteiger partial charge in [0.2, 0.25) is 0 Å². The Bertz CT molecular complexity index is 293. The second kappa shape index (κ2) is 20.7. The molecule has 0 saturated carbocycles. The monoisotopic (exact) mass is 429 g/mol. The average molecular weight is 430 g/mol. The average Bonchev–Trinajstić information content (AvgIpc) is 3.22. The number of rotatable bonds is 0. The normalized spacial score (nSPS) is 20.0. The Balaban J connectivity index is 0. The van der Waals surface area contributed by atoms with Crippen LogP contribution in [0.25, 0.3) is 0 Å². The molecule has 0 amide bonds. The van der Waals surface area contributed by atoms with Crippen LogP contribution in [0.2, 0.25) is 0 Å². The Morgan fingerprint density at radius 3 is 1.30 bits per heavy atom. The van der Waals surface area contributed by atoms with Crippen molar-refractivity contribution in [1.82, 2.24) is 15.5 Å². The van der Waals surface area contributed by atoms with Crippen LogP contribution in [0.1, 0.15) is 88.0 Å². The van der Waals surface area contributed by atoms with Crippen LogP contribution >= 0.6 is 0 Å². The number of ether oxygens (including phenoxy) is 1. The van der Waals surface area contributed by atoms with E-state index in [0.29, 0.717) is 5.41 Å². The Morgan fingerprint density at radius 1 is 0.733 bits per heavy atom. The van der Waals surface area contributed by atoms with E-state index in [1.165, 1.54) is 51.9 Å². The maximum absolute atomic E-state index is 5.01. The second-order valence-electron chi connectivity index (χ2n) is 11.2. The van der Waals surface area contributed by atoms with Crippen LogP contribution in [0, 0.1) is 23.2 Å². The molecular weight excluding hydrogens is 370 g/mol. The fourth-order valence-electron chi connectivity index (χ4n) is 3.02. The summed E-state index contributed by atoms with van der Waals surface area (Å²) in [6.45, 7) is 29.0. The molecule has 184 valence electrons. The fourth-order valence-corrected chi connectivity index (χ4v) is 3.02. The number of likely N-dealkylation sites (tertiary alicyclic amines) is 1. The lowest BCUT2D eigenvalue weighted by Gasteiger charge is -2.37. The molecule has 3 saturated heterocycles. The minimum atomic E-state index is 0.529. The molecule has 3 heterocycles. The SMILES string of the molecule is C1CCNC1.C1COCCN1.CC(C)C.CC(C)C.CN1CCC(C(C)(C)C)CC1. The van der Waals surface area contributed by atoms with Crippen molar-refractivity contribution in [2.24, 2.45) is 23.2 Å². The van der Waals surface area contributed by atoms with Gasteiger partial charge in [0.15, 0.2) is 0 Å². The lowest BCUT2D eigenvalue weighted by molar-refractivity contribution is 0.109. The van der Waals surface area contributed by atoms with Gasteiger partial charge in [-0.05, 0) is 82.1 Å². The molecule has 0 atom stereocenters. The molecule has 0 radical (unpaired) electrons. The molecule has 2 N–H and O–H groups in total. The summed E-state index contributed by atoms with van der Waals surface area (Å²) in [7, 11) is 2.22. The number of hydrogen-bond donors (Lipinski definition) is 2. The van der Waals surface area contributed by atoms with E-state index >= 15 is 0 Å². The van der Waals surface area contributed by atoms with Crippen LogP contribution in [0.15, 0.2) is 0 Å². The third-order valence-corrected chi connectivity index (χ3v) is 4.75. The van der Waals surface area contributed by atoms with E-state index < -0.39 is 0 Å². The molecule has 0 aromatic heterocycles. The van der Waals surface area contributed by atoms with Crippen molar-refractivity contribution < 1.29 is 4.74 Å². The van der Waals surface area contributed by atoms with Gasteiger partial charge in [0, 0.05) is 13.1 Å². The molecule has 3 rings (SSSR count). The van der Waals surface area contributed by atoms with Crippen LogP contribution in [0.3, 0.4) is 0 Å². The Morgan fingerprint density at radius 2 is 1.10 bits per heavy atom. The third-order valence-electron chi connectivity index (χ3n) is 4.75. The Labute approximate surface area is 191 Å². The first-order valence-corrected chi connectivity index (χ1v) is 12.6. The lowest BCUT2D eigenvalue weighted by atomic mass is 9.75. The zero-order valence-electron chi connectivity index (χ0n) is 22.6. The summed E-state index contributed by atoms with van der Waals surface area (Å²) in [6, 6.07) is 0. The number of morpholine rings is 1. The number of nitrogens with zero attached hydrogens (tertiary/aromatic N) is 1. The first-order valence-electron chi connectivity index (χ1n) is 12.6. The highest BCUT2D eigenvalue weighted by molar-refractivity contribution is 4.79. The zero-order valence-corrected chi connectivity index (χ0v) is 22.6. The third kappa shape index (κ3) is 27.8. The van der Waals surface area contributed by atoms with E-state index in [2.05, 4.69) is 84.9 Å². The van der Waals surface area contributed by atoms with Gasteiger partial charge in [-0.2, -0.15) is 0 Å². The predicted molar refractivity (Wildman–Crippen MR) is 136 cm³/mol. The van der Waals surface area contributed by atoms with Gasteiger partial charge in [0.1, 0.15) is 0 Å². The Hall–Kier alpha value is -0.160. The van der Waals surface area contributed by atoms with E-state index in [-0.39, 0.29) is 0 Å². The standard InChI is InChI=1S/C10H21N.C4H9NO.C4H9N.2C4H10/c1-10(2,3)9-5-7-11(4)8-6-9;1-3-6-4-2-5-1;1-2-4-5-3-1;2*1-4(2)3/h9H,5-8H2,1-4H3;5H,1-4H2;5H,1-4H2;2*4H,1-3H3. The van der Waals surface area contributed by atoms with Crippen molar-refractivity contribution in [3.05, 3.63) is 0 Å². The van der Waals surface area contributed by atoms with Crippen molar-refractivity contribution in [3.63, 3.8) is 0 Å². The van der Waals surface area contributed by atoms with Gasteiger partial charge in [-0.3, -0.25) is 0 Å². The second-order valence-corrected chi connectivity index (χ2v) is 11.2. The zero-order chi connectivity index (χ0) is 23.4. The van der Waals surface area contributed by atoms with Crippen LogP contribution in [0.5, 0.6) is 0 Å². The highest BCUT2D eigenvalue weighted by Gasteiger charge is 2.27. The molecule has 4 heteroatoms. The molecule has 3 aliphatic heterocycles. The molecule has 0 bridgehead atoms. The molecular formula is C26H59N3O. The van der Waals surface area contributed by atoms with E-state index in [9.17, 15) is 0 Å². The summed E-state index contributed by atoms with van der Waals surface area (Å²) in [5, 5.41) is 6.38. The van der Waals surface area contributed by atoms with Crippen LogP contribution in [-0.2, 0) is 4.74 Å². The smallest absolute Gasteiger partial charge is 0.0591 e. The minimum Gasteiger partial charge on any atom is -0.379 e. The van der Waals surface area contributed by atoms with Gasteiger partial charge in [-0.15, -0.1) is 0 Å². The van der Waals surface area contributed by atoms with Crippen molar-refractivity contribution in [3.8, 4) is 0 Å². The summed E-state index contributed by atoms with van der Waals surface area (Å²) in [5.41, 5.74) is 0.529. The van der Waals surface area contributed by atoms with Gasteiger partial charge in [0.05, 0.1) is 13.2 Å². The van der Waals surface area contributed by atoms with Gasteiger partial charge < -0.3 is 20.3 Å². The molecule has 4 nitrogen and oxygen atoms in total. The first kappa shape index (κ1) is 32.0. The number of piperidine rings is 1. The first-order chi connectivity index (χ1) is 14.0. The predicted octanol–water partition coefficient (Wildman–Crippen LogP) is 5.67. The maximum Gasteiger partial charge on any atom is 0.0591 e. The van der Waals surface area contributed by atoms with Gasteiger partial charge >= 0.3 is 0 Å². The highest BCUT2D eigenvalue weighted by Crippen LogP contribution is 2.33. The van der Waals surface area contributed by atoms with E-state index in [0.717, 1.165) is 44.1 Å². The van der Waals surface area contributed by atoms with Crippen LogP contribution in [-0.4, -0.2) is 64.4 Å². The molecule has 30 heavy (non-hydrogen) atoms. The van der Waals surface area contributed by atoms with E-state index in [1.54, 1.807) is 0 Å². The summed E-state index contributed by atoms with van der Waals surface area (Å²) in [4.78, 5) is 2.43. The quantitative estimate of drug-likeness (QED) is 0.520.